The lowest BCUT2D eigenvalue weighted by atomic mass is 9.88. The number of hydrogen-bond acceptors (Lipinski definition) is 2. The van der Waals surface area contributed by atoms with Crippen molar-refractivity contribution in [1.29, 1.82) is 0 Å². The van der Waals surface area contributed by atoms with Crippen molar-refractivity contribution in [1.82, 2.24) is 0 Å². The number of carbonyl (C=O) groups is 2. The van der Waals surface area contributed by atoms with Gasteiger partial charge in [-0.05, 0) is 25.7 Å². The number of Topliss-reactive ketones (excluding diaryl/α,β-unsaturated/α-hetero) is 2. The van der Waals surface area contributed by atoms with Crippen LogP contribution in [-0.4, -0.2) is 11.6 Å². The molecule has 0 saturated heterocycles. The van der Waals surface area contributed by atoms with Crippen LogP contribution in [0.3, 0.4) is 0 Å². The number of hydrogen-bond donors (Lipinski definition) is 0. The molecule has 0 bridgehead atoms. The molecule has 0 amide bonds. The molecule has 66 valence electrons. The third-order valence-corrected chi connectivity index (χ3v) is 3.19. The molecule has 2 saturated carbocycles. The summed E-state index contributed by atoms with van der Waals surface area (Å²) in [6.45, 7) is 0. The van der Waals surface area contributed by atoms with Crippen molar-refractivity contribution in [3.8, 4) is 0 Å². The maximum absolute atomic E-state index is 11.4. The van der Waals surface area contributed by atoms with Crippen LogP contribution in [0.4, 0.5) is 0 Å². The molecule has 12 heavy (non-hydrogen) atoms. The Balaban J connectivity index is 2.08. The van der Waals surface area contributed by atoms with Gasteiger partial charge in [-0.25, -0.2) is 0 Å². The SMILES string of the molecule is O=C1CCCC1[C@H]1CCCC1=O. The maximum atomic E-state index is 11.4. The summed E-state index contributed by atoms with van der Waals surface area (Å²) >= 11 is 0. The molecule has 2 rings (SSSR count). The fraction of sp³-hybridized carbons (Fsp3) is 0.800. The second-order valence-corrected chi connectivity index (χ2v) is 3.93. The highest BCUT2D eigenvalue weighted by Gasteiger charge is 2.38. The first kappa shape index (κ1) is 7.96. The van der Waals surface area contributed by atoms with E-state index in [1.54, 1.807) is 0 Å². The Morgan fingerprint density at radius 3 is 1.50 bits per heavy atom. The summed E-state index contributed by atoms with van der Waals surface area (Å²) in [6, 6.07) is 0. The average Bonchev–Trinajstić information content (AvgIpc) is 2.59. The Morgan fingerprint density at radius 2 is 1.25 bits per heavy atom. The largest absolute Gasteiger partial charge is 0.299 e. The molecule has 0 aromatic carbocycles. The zero-order chi connectivity index (χ0) is 8.55. The predicted molar refractivity (Wildman–Crippen MR) is 44.7 cm³/mol. The Hall–Kier alpha value is -0.660. The summed E-state index contributed by atoms with van der Waals surface area (Å²) in [6.07, 6.45) is 5.38. The second-order valence-electron chi connectivity index (χ2n) is 3.93. The van der Waals surface area contributed by atoms with Crippen LogP contribution in [0.1, 0.15) is 38.5 Å². The third-order valence-electron chi connectivity index (χ3n) is 3.19. The number of ketones is 2. The van der Waals surface area contributed by atoms with Gasteiger partial charge < -0.3 is 0 Å². The van der Waals surface area contributed by atoms with Crippen LogP contribution >= 0.6 is 0 Å². The van der Waals surface area contributed by atoms with E-state index in [0.717, 1.165) is 25.7 Å². The van der Waals surface area contributed by atoms with E-state index >= 15 is 0 Å². The lowest BCUT2D eigenvalue weighted by Crippen LogP contribution is -2.21. The molecule has 0 radical (unpaired) electrons. The van der Waals surface area contributed by atoms with Gasteiger partial charge in [0, 0.05) is 24.7 Å². The van der Waals surface area contributed by atoms with Crippen molar-refractivity contribution >= 4 is 11.6 Å². The lowest BCUT2D eigenvalue weighted by Gasteiger charge is -2.13. The molecule has 0 aromatic heterocycles. The monoisotopic (exact) mass is 166 g/mol. The molecule has 2 heteroatoms. The van der Waals surface area contributed by atoms with E-state index in [2.05, 4.69) is 0 Å². The van der Waals surface area contributed by atoms with Crippen molar-refractivity contribution < 1.29 is 9.59 Å². The highest BCUT2D eigenvalue weighted by Crippen LogP contribution is 2.36. The second kappa shape index (κ2) is 3.00. The molecule has 2 nitrogen and oxygen atoms in total. The molecule has 2 fully saturated rings. The van der Waals surface area contributed by atoms with E-state index in [4.69, 9.17) is 0 Å². The zero-order valence-corrected chi connectivity index (χ0v) is 7.21. The van der Waals surface area contributed by atoms with Crippen molar-refractivity contribution in [3.63, 3.8) is 0 Å². The molecule has 0 aromatic rings. The van der Waals surface area contributed by atoms with Crippen LogP contribution in [0.5, 0.6) is 0 Å². The van der Waals surface area contributed by atoms with Crippen LogP contribution in [0.15, 0.2) is 0 Å². The van der Waals surface area contributed by atoms with Gasteiger partial charge >= 0.3 is 0 Å². The van der Waals surface area contributed by atoms with Crippen LogP contribution in [0, 0.1) is 11.8 Å². The minimum Gasteiger partial charge on any atom is -0.299 e. The van der Waals surface area contributed by atoms with E-state index in [0.29, 0.717) is 24.4 Å². The van der Waals surface area contributed by atoms with Gasteiger partial charge in [0.1, 0.15) is 11.6 Å². The van der Waals surface area contributed by atoms with E-state index in [1.165, 1.54) is 0 Å². The highest BCUT2D eigenvalue weighted by molar-refractivity contribution is 5.91. The number of rotatable bonds is 1. The minimum absolute atomic E-state index is 0.111. The quantitative estimate of drug-likeness (QED) is 0.594. The molecule has 0 spiro atoms. The molecule has 2 aliphatic rings. The van der Waals surface area contributed by atoms with Gasteiger partial charge in [0.15, 0.2) is 0 Å². The van der Waals surface area contributed by atoms with Crippen LogP contribution < -0.4 is 0 Å². The van der Waals surface area contributed by atoms with Gasteiger partial charge in [0.05, 0.1) is 0 Å². The van der Waals surface area contributed by atoms with E-state index in [1.807, 2.05) is 0 Å². The molecular formula is C10H14O2. The Kier molecular flexibility index (Phi) is 1.99. The van der Waals surface area contributed by atoms with Gasteiger partial charge in [-0.15, -0.1) is 0 Å². The number of carbonyl (C=O) groups excluding carboxylic acids is 2. The van der Waals surface area contributed by atoms with Crippen molar-refractivity contribution in [2.45, 2.75) is 38.5 Å². The zero-order valence-electron chi connectivity index (χ0n) is 7.21. The lowest BCUT2D eigenvalue weighted by molar-refractivity contribution is -0.129. The van der Waals surface area contributed by atoms with E-state index < -0.39 is 0 Å². The minimum atomic E-state index is 0.111. The first-order valence-electron chi connectivity index (χ1n) is 4.84. The first-order chi connectivity index (χ1) is 5.79. The van der Waals surface area contributed by atoms with Crippen LogP contribution in [-0.2, 0) is 9.59 Å². The fourth-order valence-corrected chi connectivity index (χ4v) is 2.54. The van der Waals surface area contributed by atoms with Gasteiger partial charge in [0.25, 0.3) is 0 Å². The Morgan fingerprint density at radius 1 is 0.833 bits per heavy atom. The van der Waals surface area contributed by atoms with E-state index in [-0.39, 0.29) is 11.8 Å². The highest BCUT2D eigenvalue weighted by atomic mass is 16.1. The molecule has 0 heterocycles. The molecule has 0 aliphatic heterocycles. The summed E-state index contributed by atoms with van der Waals surface area (Å²) in [5, 5.41) is 0. The van der Waals surface area contributed by atoms with E-state index in [9.17, 15) is 9.59 Å². The van der Waals surface area contributed by atoms with Gasteiger partial charge in [-0.1, -0.05) is 0 Å². The molecule has 2 atom stereocenters. The summed E-state index contributed by atoms with van der Waals surface area (Å²) in [7, 11) is 0. The average molecular weight is 166 g/mol. The third kappa shape index (κ3) is 1.19. The summed E-state index contributed by atoms with van der Waals surface area (Å²) in [4.78, 5) is 22.7. The fourth-order valence-electron chi connectivity index (χ4n) is 2.54. The molecule has 2 aliphatic carbocycles. The topological polar surface area (TPSA) is 34.1 Å². The maximum Gasteiger partial charge on any atom is 0.136 e. The van der Waals surface area contributed by atoms with Crippen molar-refractivity contribution in [2.24, 2.45) is 11.8 Å². The van der Waals surface area contributed by atoms with Crippen molar-refractivity contribution in [3.05, 3.63) is 0 Å². The summed E-state index contributed by atoms with van der Waals surface area (Å²) < 4.78 is 0. The predicted octanol–water partition coefficient (Wildman–Crippen LogP) is 1.72. The van der Waals surface area contributed by atoms with Crippen molar-refractivity contribution in [2.75, 3.05) is 0 Å². The Labute approximate surface area is 72.3 Å². The molecule has 1 unspecified atom stereocenters. The first-order valence-corrected chi connectivity index (χ1v) is 4.84. The normalized spacial score (nSPS) is 36.3. The van der Waals surface area contributed by atoms with Crippen LogP contribution in [0.25, 0.3) is 0 Å². The summed E-state index contributed by atoms with van der Waals surface area (Å²) in [5.74, 6) is 0.908. The van der Waals surface area contributed by atoms with Crippen LogP contribution in [0.2, 0.25) is 0 Å². The summed E-state index contributed by atoms with van der Waals surface area (Å²) in [5.41, 5.74) is 0. The molecule has 0 N–H and O–H groups in total. The van der Waals surface area contributed by atoms with Gasteiger partial charge in [0.2, 0.25) is 0 Å². The standard InChI is InChI=1S/C10H14O2/c11-9-5-1-3-7(9)8-4-2-6-10(8)12/h7-8H,1-6H2/t7-,8?/m1/s1. The van der Waals surface area contributed by atoms with Gasteiger partial charge in [-0.2, -0.15) is 0 Å². The Bertz CT molecular complexity index is 196. The smallest absolute Gasteiger partial charge is 0.136 e. The van der Waals surface area contributed by atoms with Gasteiger partial charge in [-0.3, -0.25) is 9.59 Å². The molecular weight excluding hydrogens is 152 g/mol.